The summed E-state index contributed by atoms with van der Waals surface area (Å²) in [6.07, 6.45) is 10.3. The van der Waals surface area contributed by atoms with Crippen LogP contribution in [-0.4, -0.2) is 15.5 Å². The molecule has 1 aromatic carbocycles. The first-order chi connectivity index (χ1) is 12.1. The van der Waals surface area contributed by atoms with Crippen molar-refractivity contribution in [3.05, 3.63) is 53.1 Å². The van der Waals surface area contributed by atoms with Gasteiger partial charge in [-0.05, 0) is 43.4 Å². The molecule has 136 valence electrons. The quantitative estimate of drug-likeness (QED) is 0.462. The number of imidazole rings is 1. The molecule has 1 aromatic heterocycles. The van der Waals surface area contributed by atoms with E-state index < -0.39 is 0 Å². The zero-order valence-electron chi connectivity index (χ0n) is 15.8. The lowest BCUT2D eigenvalue weighted by Crippen LogP contribution is -2.12. The lowest BCUT2D eigenvalue weighted by Gasteiger charge is -2.11. The van der Waals surface area contributed by atoms with Crippen molar-refractivity contribution in [3.8, 4) is 0 Å². The molecule has 0 unspecified atom stereocenters. The van der Waals surface area contributed by atoms with Crippen LogP contribution in [0.4, 0.5) is 0 Å². The largest absolute Gasteiger partial charge is 0.444 e. The van der Waals surface area contributed by atoms with Crippen molar-refractivity contribution in [1.82, 2.24) is 9.55 Å². The fraction of sp³-hybridized carbons (Fsp3) is 0.524. The summed E-state index contributed by atoms with van der Waals surface area (Å²) >= 11 is 0. The van der Waals surface area contributed by atoms with Gasteiger partial charge in [0, 0.05) is 25.2 Å². The number of nitrogens with zero attached hydrogens (tertiary/aromatic N) is 2. The summed E-state index contributed by atoms with van der Waals surface area (Å²) in [6, 6.07) is 6.41. The van der Waals surface area contributed by atoms with Gasteiger partial charge >= 0.3 is 5.97 Å². The number of ether oxygens (including phenoxy) is 1. The Bertz CT molecular complexity index is 676. The van der Waals surface area contributed by atoms with Gasteiger partial charge in [-0.3, -0.25) is 4.79 Å². The first-order valence-electron chi connectivity index (χ1n) is 9.32. The molecule has 0 saturated carbocycles. The average molecular weight is 342 g/mol. The number of hydrogen-bond acceptors (Lipinski definition) is 3. The molecule has 25 heavy (non-hydrogen) atoms. The molecular weight excluding hydrogens is 312 g/mol. The highest BCUT2D eigenvalue weighted by Gasteiger charge is 2.08. The number of aromatic nitrogens is 2. The van der Waals surface area contributed by atoms with Gasteiger partial charge in [0.2, 0.25) is 0 Å². The van der Waals surface area contributed by atoms with Gasteiger partial charge in [0.05, 0.1) is 0 Å². The molecule has 0 amide bonds. The first-order valence-corrected chi connectivity index (χ1v) is 9.32. The van der Waals surface area contributed by atoms with Gasteiger partial charge in [0.25, 0.3) is 0 Å². The van der Waals surface area contributed by atoms with Gasteiger partial charge in [-0.25, -0.2) is 4.98 Å². The van der Waals surface area contributed by atoms with E-state index in [2.05, 4.69) is 44.0 Å². The minimum atomic E-state index is -0.120. The van der Waals surface area contributed by atoms with Crippen LogP contribution in [0.15, 0.2) is 30.6 Å². The second-order valence-electron chi connectivity index (χ2n) is 6.63. The van der Waals surface area contributed by atoms with Gasteiger partial charge in [-0.1, -0.05) is 44.4 Å². The molecule has 0 aliphatic heterocycles. The van der Waals surface area contributed by atoms with Gasteiger partial charge in [-0.15, -0.1) is 0 Å². The van der Waals surface area contributed by atoms with Gasteiger partial charge in [0.1, 0.15) is 5.82 Å². The highest BCUT2D eigenvalue weighted by molar-refractivity contribution is 5.69. The van der Waals surface area contributed by atoms with Crippen molar-refractivity contribution in [2.24, 2.45) is 0 Å². The second-order valence-corrected chi connectivity index (χ2v) is 6.63. The molecule has 0 N–H and O–H groups in total. The van der Waals surface area contributed by atoms with Crippen molar-refractivity contribution in [1.29, 1.82) is 0 Å². The molecule has 0 spiro atoms. The number of hydrogen-bond donors (Lipinski definition) is 0. The Hall–Kier alpha value is -2.10. The molecule has 1 heterocycles. The topological polar surface area (TPSA) is 44.1 Å². The molecular formula is C21H30N2O2. The normalized spacial score (nSPS) is 10.8. The fourth-order valence-electron chi connectivity index (χ4n) is 2.92. The van der Waals surface area contributed by atoms with Crippen LogP contribution >= 0.6 is 0 Å². The summed E-state index contributed by atoms with van der Waals surface area (Å²) in [7, 11) is 0. The summed E-state index contributed by atoms with van der Waals surface area (Å²) in [4.78, 5) is 16.2. The fourth-order valence-corrected chi connectivity index (χ4v) is 2.92. The SMILES string of the molecule is CCCCCCC(=O)OCn1ccnc1CCc1cccc(C)c1C. The molecule has 0 radical (unpaired) electrons. The average Bonchev–Trinajstić information content (AvgIpc) is 3.05. The molecule has 2 aromatic rings. The van der Waals surface area contributed by atoms with E-state index >= 15 is 0 Å². The maximum Gasteiger partial charge on any atom is 0.307 e. The van der Waals surface area contributed by atoms with Crippen molar-refractivity contribution >= 4 is 5.97 Å². The summed E-state index contributed by atoms with van der Waals surface area (Å²) in [5.41, 5.74) is 4.01. The number of aryl methyl sites for hydroxylation is 3. The maximum atomic E-state index is 11.8. The third-order valence-electron chi connectivity index (χ3n) is 4.74. The monoisotopic (exact) mass is 342 g/mol. The molecule has 0 aliphatic carbocycles. The minimum absolute atomic E-state index is 0.120. The number of unbranched alkanes of at least 4 members (excludes halogenated alkanes) is 3. The Morgan fingerprint density at radius 3 is 2.80 bits per heavy atom. The Kier molecular flexibility index (Phi) is 7.71. The number of carbonyl (C=O) groups is 1. The maximum absolute atomic E-state index is 11.8. The van der Waals surface area contributed by atoms with E-state index in [0.717, 1.165) is 31.5 Å². The highest BCUT2D eigenvalue weighted by Crippen LogP contribution is 2.15. The lowest BCUT2D eigenvalue weighted by molar-refractivity contribution is -0.147. The minimum Gasteiger partial charge on any atom is -0.444 e. The van der Waals surface area contributed by atoms with Crippen LogP contribution in [0.5, 0.6) is 0 Å². The van der Waals surface area contributed by atoms with Crippen LogP contribution in [0.3, 0.4) is 0 Å². The molecule has 0 fully saturated rings. The standard InChI is InChI=1S/C21H30N2O2/c1-4-5-6-7-11-21(24)25-16-23-15-14-22-20(23)13-12-19-10-8-9-17(2)18(19)3/h8-10,14-15H,4-7,11-13,16H2,1-3H3. The smallest absolute Gasteiger partial charge is 0.307 e. The third kappa shape index (κ3) is 6.04. The lowest BCUT2D eigenvalue weighted by atomic mass is 10.00. The van der Waals surface area contributed by atoms with E-state index in [1.165, 1.54) is 29.5 Å². The van der Waals surface area contributed by atoms with Gasteiger partial charge in [-0.2, -0.15) is 0 Å². The van der Waals surface area contributed by atoms with E-state index in [0.29, 0.717) is 6.42 Å². The number of benzene rings is 1. The summed E-state index contributed by atoms with van der Waals surface area (Å²) in [6.45, 7) is 6.73. The predicted molar refractivity (Wildman–Crippen MR) is 100 cm³/mol. The molecule has 4 nitrogen and oxygen atoms in total. The highest BCUT2D eigenvalue weighted by atomic mass is 16.5. The van der Waals surface area contributed by atoms with E-state index in [9.17, 15) is 4.79 Å². The van der Waals surface area contributed by atoms with Crippen molar-refractivity contribution in [3.63, 3.8) is 0 Å². The number of esters is 1. The van der Waals surface area contributed by atoms with E-state index in [1.807, 2.05) is 10.8 Å². The molecule has 0 saturated heterocycles. The van der Waals surface area contributed by atoms with Gasteiger partial charge in [0.15, 0.2) is 6.73 Å². The Balaban J connectivity index is 1.82. The summed E-state index contributed by atoms with van der Waals surface area (Å²) in [5.74, 6) is 0.838. The summed E-state index contributed by atoms with van der Waals surface area (Å²) in [5, 5.41) is 0. The molecule has 0 bridgehead atoms. The van der Waals surface area contributed by atoms with Crippen molar-refractivity contribution in [2.45, 2.75) is 72.4 Å². The van der Waals surface area contributed by atoms with Crippen LogP contribution < -0.4 is 0 Å². The zero-order valence-corrected chi connectivity index (χ0v) is 15.8. The third-order valence-corrected chi connectivity index (χ3v) is 4.74. The van der Waals surface area contributed by atoms with Crippen LogP contribution in [0.1, 0.15) is 61.5 Å². The van der Waals surface area contributed by atoms with Crippen molar-refractivity contribution in [2.75, 3.05) is 0 Å². The molecule has 0 aliphatic rings. The Morgan fingerprint density at radius 2 is 2.00 bits per heavy atom. The summed E-state index contributed by atoms with van der Waals surface area (Å²) < 4.78 is 7.31. The Morgan fingerprint density at radius 1 is 1.16 bits per heavy atom. The van der Waals surface area contributed by atoms with Crippen LogP contribution in [0.2, 0.25) is 0 Å². The molecule has 2 rings (SSSR count). The van der Waals surface area contributed by atoms with Crippen LogP contribution in [0, 0.1) is 13.8 Å². The van der Waals surface area contributed by atoms with Crippen LogP contribution in [-0.2, 0) is 29.1 Å². The molecule has 0 atom stereocenters. The van der Waals surface area contributed by atoms with Crippen LogP contribution in [0.25, 0.3) is 0 Å². The van der Waals surface area contributed by atoms with Crippen molar-refractivity contribution < 1.29 is 9.53 Å². The van der Waals surface area contributed by atoms with E-state index in [1.54, 1.807) is 6.20 Å². The predicted octanol–water partition coefficient (Wildman–Crippen LogP) is 4.76. The number of rotatable bonds is 10. The number of carbonyl (C=O) groups excluding carboxylic acids is 1. The Labute approximate surface area is 151 Å². The zero-order chi connectivity index (χ0) is 18.1. The molecule has 4 heteroatoms. The van der Waals surface area contributed by atoms with Gasteiger partial charge < -0.3 is 9.30 Å². The van der Waals surface area contributed by atoms with E-state index in [-0.39, 0.29) is 12.7 Å². The second kappa shape index (κ2) is 10.0. The first kappa shape index (κ1) is 19.2. The van der Waals surface area contributed by atoms with E-state index in [4.69, 9.17) is 4.74 Å².